The van der Waals surface area contributed by atoms with Gasteiger partial charge >= 0.3 is 0 Å². The van der Waals surface area contributed by atoms with E-state index >= 15 is 0 Å². The molecule has 0 atom stereocenters. The molecule has 0 aliphatic heterocycles. The van der Waals surface area contributed by atoms with Gasteiger partial charge in [-0.25, -0.2) is 4.39 Å². The zero-order valence-corrected chi connectivity index (χ0v) is 13.9. The van der Waals surface area contributed by atoms with Crippen molar-refractivity contribution in [1.29, 1.82) is 0 Å². The van der Waals surface area contributed by atoms with Crippen molar-refractivity contribution in [3.05, 3.63) is 56.4 Å². The third kappa shape index (κ3) is 5.07. The van der Waals surface area contributed by atoms with Gasteiger partial charge in [-0.1, -0.05) is 12.1 Å². The molecule has 110 valence electrons. The van der Waals surface area contributed by atoms with Crippen LogP contribution in [0.4, 0.5) is 4.39 Å². The van der Waals surface area contributed by atoms with E-state index in [0.29, 0.717) is 11.4 Å². The lowest BCUT2D eigenvalue weighted by atomic mass is 10.2. The van der Waals surface area contributed by atoms with Crippen molar-refractivity contribution in [1.82, 2.24) is 16.2 Å². The van der Waals surface area contributed by atoms with Gasteiger partial charge in [0.2, 0.25) is 0 Å². The molecule has 0 unspecified atom stereocenters. The summed E-state index contributed by atoms with van der Waals surface area (Å²) < 4.78 is 13.6. The molecule has 0 spiro atoms. The summed E-state index contributed by atoms with van der Waals surface area (Å²) in [6.07, 6.45) is 0. The highest BCUT2D eigenvalue weighted by atomic mass is 79.9. The first-order valence-corrected chi connectivity index (χ1v) is 7.90. The van der Waals surface area contributed by atoms with Crippen molar-refractivity contribution < 1.29 is 9.18 Å². The van der Waals surface area contributed by atoms with Gasteiger partial charge in [-0.3, -0.25) is 15.6 Å². The Labute approximate surface area is 138 Å². The summed E-state index contributed by atoms with van der Waals surface area (Å²) in [5.41, 5.74) is 5.99. The fourth-order valence-corrected chi connectivity index (χ4v) is 2.84. The maximum absolute atomic E-state index is 12.7. The molecular weight excluding hydrogens is 377 g/mol. The van der Waals surface area contributed by atoms with E-state index in [2.05, 4.69) is 32.1 Å². The van der Waals surface area contributed by atoms with E-state index in [1.54, 1.807) is 24.3 Å². The first-order chi connectivity index (χ1) is 10.0. The Hall–Kier alpha value is -1.51. The lowest BCUT2D eigenvalue weighted by molar-refractivity contribution is 0.0948. The summed E-state index contributed by atoms with van der Waals surface area (Å²) in [6.45, 7) is 0.437. The Bertz CT molecular complexity index is 645. The van der Waals surface area contributed by atoms with Gasteiger partial charge < -0.3 is 5.32 Å². The molecule has 8 heteroatoms. The number of hydrazine groups is 1. The summed E-state index contributed by atoms with van der Waals surface area (Å²) in [5, 5.41) is 3.19. The predicted molar refractivity (Wildman–Crippen MR) is 88.5 cm³/mol. The molecule has 21 heavy (non-hydrogen) atoms. The Morgan fingerprint density at radius 3 is 2.52 bits per heavy atom. The molecule has 1 aromatic carbocycles. The van der Waals surface area contributed by atoms with E-state index in [1.165, 1.54) is 23.5 Å². The molecule has 2 aromatic rings. The fraction of sp³-hybridized carbons (Fsp3) is 0.0769. The third-order valence-corrected chi connectivity index (χ3v) is 4.32. The highest BCUT2D eigenvalue weighted by molar-refractivity contribution is 9.11. The number of hydrogen-bond acceptors (Lipinski definition) is 3. The van der Waals surface area contributed by atoms with Crippen molar-refractivity contribution in [2.45, 2.75) is 6.54 Å². The van der Waals surface area contributed by atoms with Crippen LogP contribution >= 0.6 is 39.5 Å². The second kappa shape index (κ2) is 7.48. The van der Waals surface area contributed by atoms with Crippen LogP contribution in [0.15, 0.2) is 40.2 Å². The van der Waals surface area contributed by atoms with Gasteiger partial charge in [0.15, 0.2) is 5.11 Å². The first-order valence-electron chi connectivity index (χ1n) is 5.88. The lowest BCUT2D eigenvalue weighted by Crippen LogP contribution is -2.46. The second-order valence-electron chi connectivity index (χ2n) is 3.99. The van der Waals surface area contributed by atoms with Crippen molar-refractivity contribution in [3.8, 4) is 0 Å². The number of hydrogen-bond donors (Lipinski definition) is 3. The number of thiophene rings is 1. The zero-order valence-electron chi connectivity index (χ0n) is 10.7. The highest BCUT2D eigenvalue weighted by Gasteiger charge is 2.08. The minimum absolute atomic E-state index is 0.267. The molecule has 0 aliphatic rings. The van der Waals surface area contributed by atoms with Gasteiger partial charge in [-0.15, -0.1) is 11.3 Å². The number of thiocarbonyl (C=S) groups is 1. The molecule has 0 radical (unpaired) electrons. The van der Waals surface area contributed by atoms with Crippen LogP contribution in [0.1, 0.15) is 15.2 Å². The number of rotatable bonds is 3. The topological polar surface area (TPSA) is 53.2 Å². The molecule has 0 saturated heterocycles. The zero-order chi connectivity index (χ0) is 15.2. The van der Waals surface area contributed by atoms with Gasteiger partial charge in [-0.2, -0.15) is 0 Å². The summed E-state index contributed by atoms with van der Waals surface area (Å²) >= 11 is 9.65. The number of carbonyl (C=O) groups excluding carboxylic acids is 1. The Morgan fingerprint density at radius 2 is 1.90 bits per heavy atom. The first kappa shape index (κ1) is 15.9. The molecule has 0 fully saturated rings. The number of nitrogens with one attached hydrogen (secondary N) is 3. The van der Waals surface area contributed by atoms with Crippen LogP contribution in [0.25, 0.3) is 0 Å². The summed E-state index contributed by atoms with van der Waals surface area (Å²) in [7, 11) is 0. The maximum atomic E-state index is 12.7. The largest absolute Gasteiger partial charge is 0.357 e. The quantitative estimate of drug-likeness (QED) is 0.559. The van der Waals surface area contributed by atoms with E-state index < -0.39 is 0 Å². The van der Waals surface area contributed by atoms with Crippen molar-refractivity contribution >= 4 is 50.5 Å². The maximum Gasteiger partial charge on any atom is 0.279 e. The van der Waals surface area contributed by atoms with Gasteiger partial charge in [0.05, 0.1) is 8.66 Å². The van der Waals surface area contributed by atoms with Crippen LogP contribution in [0.2, 0.25) is 0 Å². The van der Waals surface area contributed by atoms with Crippen molar-refractivity contribution in [2.24, 2.45) is 0 Å². The predicted octanol–water partition coefficient (Wildman–Crippen LogP) is 2.96. The molecular formula is C13H11BrFN3OS2. The SMILES string of the molecule is O=C(NNC(=S)NCc1ccc(F)cc1)c1ccc(Br)s1. The monoisotopic (exact) mass is 387 g/mol. The van der Waals surface area contributed by atoms with Crippen LogP contribution in [0, 0.1) is 5.82 Å². The molecule has 1 aromatic heterocycles. The van der Waals surface area contributed by atoms with Crippen molar-refractivity contribution in [3.63, 3.8) is 0 Å². The van der Waals surface area contributed by atoms with Crippen LogP contribution in [-0.4, -0.2) is 11.0 Å². The number of carbonyl (C=O) groups is 1. The minimum atomic E-state index is -0.283. The van der Waals surface area contributed by atoms with Gasteiger partial charge in [-0.05, 0) is 58.0 Å². The normalized spacial score (nSPS) is 10.0. The summed E-state index contributed by atoms with van der Waals surface area (Å²) in [6, 6.07) is 9.58. The molecule has 1 heterocycles. The number of benzene rings is 1. The van der Waals surface area contributed by atoms with Gasteiger partial charge in [0.25, 0.3) is 5.91 Å². The minimum Gasteiger partial charge on any atom is -0.357 e. The van der Waals surface area contributed by atoms with Crippen molar-refractivity contribution in [2.75, 3.05) is 0 Å². The van der Waals surface area contributed by atoms with E-state index in [-0.39, 0.29) is 16.8 Å². The Morgan fingerprint density at radius 1 is 1.19 bits per heavy atom. The fourth-order valence-electron chi connectivity index (χ4n) is 1.44. The van der Waals surface area contributed by atoms with Gasteiger partial charge in [0, 0.05) is 6.54 Å². The van der Waals surface area contributed by atoms with E-state index in [1.807, 2.05) is 0 Å². The van der Waals surface area contributed by atoms with E-state index in [9.17, 15) is 9.18 Å². The second-order valence-corrected chi connectivity index (χ2v) is 6.86. The van der Waals surface area contributed by atoms with Crippen LogP contribution in [-0.2, 0) is 6.54 Å². The van der Waals surface area contributed by atoms with Crippen LogP contribution in [0.3, 0.4) is 0 Å². The number of amides is 1. The third-order valence-electron chi connectivity index (χ3n) is 2.45. The average molecular weight is 388 g/mol. The summed E-state index contributed by atoms with van der Waals surface area (Å²) in [4.78, 5) is 12.3. The summed E-state index contributed by atoms with van der Waals surface area (Å²) in [5.74, 6) is -0.551. The Balaban J connectivity index is 1.74. The Kier molecular flexibility index (Phi) is 5.66. The van der Waals surface area contributed by atoms with E-state index in [0.717, 1.165) is 9.35 Å². The average Bonchev–Trinajstić information content (AvgIpc) is 2.91. The molecule has 4 nitrogen and oxygen atoms in total. The van der Waals surface area contributed by atoms with Gasteiger partial charge in [0.1, 0.15) is 5.82 Å². The molecule has 1 amide bonds. The molecule has 0 bridgehead atoms. The van der Waals surface area contributed by atoms with Crippen LogP contribution < -0.4 is 16.2 Å². The molecule has 2 rings (SSSR count). The lowest BCUT2D eigenvalue weighted by Gasteiger charge is -2.11. The standard InChI is InChI=1S/C13H11BrFN3OS2/c14-11-6-5-10(21-11)12(19)17-18-13(20)16-7-8-1-3-9(15)4-2-8/h1-6H,7H2,(H,17,19)(H2,16,18,20). The van der Waals surface area contributed by atoms with Crippen LogP contribution in [0.5, 0.6) is 0 Å². The van der Waals surface area contributed by atoms with E-state index in [4.69, 9.17) is 12.2 Å². The molecule has 3 N–H and O–H groups in total. The number of halogens is 2. The molecule has 0 aliphatic carbocycles. The molecule has 0 saturated carbocycles. The highest BCUT2D eigenvalue weighted by Crippen LogP contribution is 2.21. The smallest absolute Gasteiger partial charge is 0.279 e.